The fourth-order valence-corrected chi connectivity index (χ4v) is 3.80. The molecular weight excluding hydrogens is 512 g/mol. The zero-order valence-electron chi connectivity index (χ0n) is 22.9. The van der Waals surface area contributed by atoms with Crippen LogP contribution in [-0.2, 0) is 0 Å². The minimum Gasteiger partial charge on any atom is -0.384 e. The molecule has 4 rings (SSSR count). The highest BCUT2D eigenvalue weighted by Crippen LogP contribution is 2.19. The molecule has 0 heterocycles. The van der Waals surface area contributed by atoms with Crippen LogP contribution in [0.25, 0.3) is 0 Å². The summed E-state index contributed by atoms with van der Waals surface area (Å²) in [7, 11) is 3.29. The normalized spacial score (nSPS) is 13.4. The van der Waals surface area contributed by atoms with E-state index in [4.69, 9.17) is 28.7 Å². The zero-order chi connectivity index (χ0) is 29.4. The van der Waals surface area contributed by atoms with Crippen LogP contribution in [0.1, 0.15) is 27.8 Å². The fraction of sp³-hybridized carbons (Fsp3) is 0.0645. The van der Waals surface area contributed by atoms with Crippen molar-refractivity contribution in [1.82, 2.24) is 0 Å². The highest BCUT2D eigenvalue weighted by atomic mass is 14.9. The van der Waals surface area contributed by atoms with Gasteiger partial charge >= 0.3 is 0 Å². The van der Waals surface area contributed by atoms with Crippen molar-refractivity contribution in [1.29, 1.82) is 0 Å². The Morgan fingerprint density at radius 1 is 0.341 bits per heavy atom. The molecule has 4 aromatic carbocycles. The van der Waals surface area contributed by atoms with Crippen LogP contribution in [0.3, 0.4) is 0 Å². The Labute approximate surface area is 238 Å². The molecule has 0 radical (unpaired) electrons. The highest BCUT2D eigenvalue weighted by molar-refractivity contribution is 6.03. The van der Waals surface area contributed by atoms with Crippen LogP contribution in [0.5, 0.6) is 0 Å². The van der Waals surface area contributed by atoms with Gasteiger partial charge < -0.3 is 28.7 Å². The summed E-state index contributed by atoms with van der Waals surface area (Å²) >= 11 is 0. The van der Waals surface area contributed by atoms with Gasteiger partial charge in [-0.2, -0.15) is 0 Å². The third kappa shape index (κ3) is 7.21. The number of rotatable bonds is 8. The van der Waals surface area contributed by atoms with Gasteiger partial charge in [-0.1, -0.05) is 24.3 Å². The molecular formula is C31H32N10. The molecule has 0 atom stereocenters. The Hall–Kier alpha value is -5.77. The molecule has 10 heteroatoms. The number of nitrogens with two attached hydrogens (primary N) is 5. The number of hydrogen-bond donors (Lipinski definition) is 5. The first-order valence-corrected chi connectivity index (χ1v) is 12.7. The first kappa shape index (κ1) is 28.2. The van der Waals surface area contributed by atoms with Gasteiger partial charge in [0.2, 0.25) is 0 Å². The van der Waals surface area contributed by atoms with E-state index < -0.39 is 0 Å². The average molecular weight is 545 g/mol. The minimum absolute atomic E-state index is 0.364. The lowest BCUT2D eigenvalue weighted by atomic mass is 10.1. The van der Waals surface area contributed by atoms with Gasteiger partial charge in [0.25, 0.3) is 0 Å². The Kier molecular flexibility index (Phi) is 8.85. The van der Waals surface area contributed by atoms with E-state index >= 15 is 0 Å². The van der Waals surface area contributed by atoms with Crippen molar-refractivity contribution >= 4 is 46.2 Å². The quantitative estimate of drug-likeness (QED) is 0.167. The van der Waals surface area contributed by atoms with Crippen LogP contribution in [0.4, 0.5) is 17.1 Å². The van der Waals surface area contributed by atoms with Crippen molar-refractivity contribution in [2.45, 2.75) is 0 Å². The molecule has 0 aliphatic carbocycles. The van der Waals surface area contributed by atoms with E-state index in [1.54, 1.807) is 14.1 Å². The summed E-state index contributed by atoms with van der Waals surface area (Å²) in [5.41, 5.74) is 36.4. The van der Waals surface area contributed by atoms with Crippen molar-refractivity contribution in [2.75, 3.05) is 14.1 Å². The molecule has 10 N–H and O–H groups in total. The van der Waals surface area contributed by atoms with Crippen molar-refractivity contribution in [3.63, 3.8) is 0 Å². The molecule has 0 spiro atoms. The molecule has 0 saturated heterocycles. The number of amidine groups is 5. The van der Waals surface area contributed by atoms with Crippen molar-refractivity contribution < 1.29 is 0 Å². The second-order valence-corrected chi connectivity index (χ2v) is 8.93. The van der Waals surface area contributed by atoms with Crippen LogP contribution in [0.2, 0.25) is 0 Å². The zero-order valence-corrected chi connectivity index (χ0v) is 22.9. The van der Waals surface area contributed by atoms with Gasteiger partial charge in [0, 0.05) is 41.9 Å². The molecule has 0 aromatic heterocycles. The monoisotopic (exact) mass is 544 g/mol. The maximum absolute atomic E-state index is 6.27. The maximum Gasteiger partial charge on any atom is 0.131 e. The summed E-state index contributed by atoms with van der Waals surface area (Å²) in [5, 5.41) is 0. The number of aliphatic imine (C=N–C) groups is 5. The number of benzene rings is 4. The molecule has 4 aromatic rings. The Bertz CT molecular complexity index is 1640. The van der Waals surface area contributed by atoms with Gasteiger partial charge in [0.1, 0.15) is 29.2 Å². The molecule has 206 valence electrons. The van der Waals surface area contributed by atoms with Crippen LogP contribution < -0.4 is 28.7 Å². The standard InChI is InChI=1S/C31H32N10/c1-37-27(32)19-3-5-21(6-4-19)29(34)39-25-15-9-23(10-16-25)31(36)41-26-17-11-22(12-18-26)30(35)40-24-13-7-20(8-14-24)28(33)38-2/h3-18H,1-2H3,(H2,32,37)(H2,33,38)(H2,34,39)(H2,35,40)(H2,36,41). The van der Waals surface area contributed by atoms with E-state index in [-0.39, 0.29) is 0 Å². The fourth-order valence-electron chi connectivity index (χ4n) is 3.80. The highest BCUT2D eigenvalue weighted by Gasteiger charge is 2.05. The summed E-state index contributed by atoms with van der Waals surface area (Å²) in [6.07, 6.45) is 0. The summed E-state index contributed by atoms with van der Waals surface area (Å²) in [5.74, 6) is 2.05. The van der Waals surface area contributed by atoms with Gasteiger partial charge in [-0.05, 0) is 72.8 Å². The molecule has 0 aliphatic rings. The van der Waals surface area contributed by atoms with E-state index in [2.05, 4.69) is 25.0 Å². The number of nitrogens with zero attached hydrogens (tertiary/aromatic N) is 5. The van der Waals surface area contributed by atoms with Gasteiger partial charge in [0.15, 0.2) is 0 Å². The predicted octanol–water partition coefficient (Wildman–Crippen LogP) is 3.47. The molecule has 41 heavy (non-hydrogen) atoms. The molecule has 0 bridgehead atoms. The topological polar surface area (TPSA) is 192 Å². The first-order chi connectivity index (χ1) is 19.8. The lowest BCUT2D eigenvalue weighted by Gasteiger charge is -2.06. The Balaban J connectivity index is 1.43. The van der Waals surface area contributed by atoms with E-state index in [0.717, 1.165) is 27.8 Å². The molecule has 0 unspecified atom stereocenters. The van der Waals surface area contributed by atoms with Crippen molar-refractivity contribution in [2.24, 2.45) is 53.6 Å². The van der Waals surface area contributed by atoms with E-state index in [1.165, 1.54) is 0 Å². The van der Waals surface area contributed by atoms with Gasteiger partial charge in [-0.3, -0.25) is 9.98 Å². The van der Waals surface area contributed by atoms with Crippen molar-refractivity contribution in [3.05, 3.63) is 125 Å². The van der Waals surface area contributed by atoms with Gasteiger partial charge in [0.05, 0.1) is 17.1 Å². The largest absolute Gasteiger partial charge is 0.384 e. The molecule has 10 nitrogen and oxygen atoms in total. The smallest absolute Gasteiger partial charge is 0.131 e. The van der Waals surface area contributed by atoms with E-state index in [9.17, 15) is 0 Å². The number of hydrogen-bond acceptors (Lipinski definition) is 5. The molecule has 0 amide bonds. The molecule has 0 fully saturated rings. The second kappa shape index (κ2) is 12.9. The van der Waals surface area contributed by atoms with E-state index in [0.29, 0.717) is 46.2 Å². The third-order valence-electron chi connectivity index (χ3n) is 6.20. The second-order valence-electron chi connectivity index (χ2n) is 8.93. The van der Waals surface area contributed by atoms with Crippen LogP contribution in [0, 0.1) is 0 Å². The summed E-state index contributed by atoms with van der Waals surface area (Å²) in [4.78, 5) is 21.5. The van der Waals surface area contributed by atoms with Crippen LogP contribution >= 0.6 is 0 Å². The van der Waals surface area contributed by atoms with Crippen LogP contribution in [-0.4, -0.2) is 43.3 Å². The Morgan fingerprint density at radius 3 is 0.756 bits per heavy atom. The van der Waals surface area contributed by atoms with E-state index in [1.807, 2.05) is 97.1 Å². The lowest BCUT2D eigenvalue weighted by Crippen LogP contribution is -2.15. The van der Waals surface area contributed by atoms with Crippen molar-refractivity contribution in [3.8, 4) is 0 Å². The van der Waals surface area contributed by atoms with Gasteiger partial charge in [-0.25, -0.2) is 15.0 Å². The summed E-state index contributed by atoms with van der Waals surface area (Å²) < 4.78 is 0. The predicted molar refractivity (Wildman–Crippen MR) is 170 cm³/mol. The summed E-state index contributed by atoms with van der Waals surface area (Å²) in [6.45, 7) is 0. The first-order valence-electron chi connectivity index (χ1n) is 12.7. The van der Waals surface area contributed by atoms with Crippen LogP contribution in [0.15, 0.2) is 122 Å². The summed E-state index contributed by atoms with van der Waals surface area (Å²) in [6, 6.07) is 29.5. The maximum atomic E-state index is 6.27. The minimum atomic E-state index is 0.364. The Morgan fingerprint density at radius 2 is 0.537 bits per heavy atom. The molecule has 0 aliphatic heterocycles. The van der Waals surface area contributed by atoms with Gasteiger partial charge in [-0.15, -0.1) is 0 Å². The SMILES string of the molecule is CN=C(N)c1ccc(N=C(N)c2ccc(N=C(N)c3ccc(N=C(N)c4ccc(C(N)=NC)cc4)cc3)cc2)cc1. The molecule has 0 saturated carbocycles. The lowest BCUT2D eigenvalue weighted by molar-refractivity contribution is 1.38. The average Bonchev–Trinajstić information content (AvgIpc) is 3.01. The third-order valence-corrected chi connectivity index (χ3v) is 6.20.